The molecule has 4 heterocycles. The predicted octanol–water partition coefficient (Wildman–Crippen LogP) is 1.57. The molecule has 0 saturated carbocycles. The number of benzene rings is 1. The van der Waals surface area contributed by atoms with Crippen LogP contribution in [0.1, 0.15) is 10.4 Å². The van der Waals surface area contributed by atoms with E-state index in [2.05, 4.69) is 15.1 Å². The number of carbonyl (C=O) groups is 2. The van der Waals surface area contributed by atoms with Crippen molar-refractivity contribution in [2.75, 3.05) is 22.9 Å². The monoisotopic (exact) mass is 456 g/mol. The first-order chi connectivity index (χ1) is 16.4. The van der Waals surface area contributed by atoms with Crippen LogP contribution < -0.4 is 21.2 Å². The van der Waals surface area contributed by atoms with Gasteiger partial charge in [0.25, 0.3) is 0 Å². The topological polar surface area (TPSA) is 132 Å². The number of hydrogen-bond acceptors (Lipinski definition) is 6. The van der Waals surface area contributed by atoms with Gasteiger partial charge in [0, 0.05) is 43.3 Å². The van der Waals surface area contributed by atoms with Gasteiger partial charge in [-0.1, -0.05) is 6.07 Å². The van der Waals surface area contributed by atoms with Gasteiger partial charge in [-0.25, -0.2) is 18.8 Å². The number of aromatic nitrogens is 5. The summed E-state index contributed by atoms with van der Waals surface area (Å²) in [5.74, 6) is -0.545. The number of rotatable bonds is 5. The lowest BCUT2D eigenvalue weighted by Crippen LogP contribution is -2.31. The van der Waals surface area contributed by atoms with Crippen LogP contribution in [0.15, 0.2) is 72.0 Å². The first-order valence-corrected chi connectivity index (χ1v) is 10.4. The second kappa shape index (κ2) is 8.28. The van der Waals surface area contributed by atoms with E-state index >= 15 is 0 Å². The third-order valence-electron chi connectivity index (χ3n) is 5.62. The normalized spacial score (nSPS) is 13.5. The smallest absolute Gasteiger partial charge is 0.350 e. The maximum absolute atomic E-state index is 13.1. The molecule has 0 unspecified atom stereocenters. The highest BCUT2D eigenvalue weighted by atomic mass is 16.2. The zero-order valence-corrected chi connectivity index (χ0v) is 18.2. The van der Waals surface area contributed by atoms with E-state index in [4.69, 9.17) is 5.73 Å². The SMILES string of the molecule is Cn1ncn(-c2ccc(-c3cc(N4CCN(c5cccc(C(N)=O)c5)C4=O)ccn3)nc2)c1=O. The highest BCUT2D eigenvalue weighted by Gasteiger charge is 2.31. The molecule has 4 aromatic rings. The van der Waals surface area contributed by atoms with Crippen LogP contribution in [0.25, 0.3) is 17.1 Å². The number of amides is 3. The highest BCUT2D eigenvalue weighted by Crippen LogP contribution is 2.28. The van der Waals surface area contributed by atoms with E-state index in [0.717, 1.165) is 0 Å². The number of carbonyl (C=O) groups excluding carboxylic acids is 2. The number of aryl methyl sites for hydroxylation is 1. The van der Waals surface area contributed by atoms with E-state index in [-0.39, 0.29) is 11.7 Å². The summed E-state index contributed by atoms with van der Waals surface area (Å²) < 4.78 is 2.63. The largest absolute Gasteiger partial charge is 0.366 e. The van der Waals surface area contributed by atoms with Crippen molar-refractivity contribution >= 4 is 23.3 Å². The second-order valence-electron chi connectivity index (χ2n) is 7.71. The number of nitrogens with zero attached hydrogens (tertiary/aromatic N) is 7. The van der Waals surface area contributed by atoms with Gasteiger partial charge in [0.05, 0.1) is 23.3 Å². The Hall–Kier alpha value is -4.80. The van der Waals surface area contributed by atoms with Crippen LogP contribution in [0.5, 0.6) is 0 Å². The van der Waals surface area contributed by atoms with Crippen molar-refractivity contribution in [1.82, 2.24) is 24.3 Å². The number of pyridine rings is 2. The lowest BCUT2D eigenvalue weighted by Gasteiger charge is -2.19. The maximum Gasteiger partial charge on any atom is 0.350 e. The molecule has 0 radical (unpaired) electrons. The molecule has 11 heteroatoms. The Morgan fingerprint density at radius 2 is 1.68 bits per heavy atom. The fourth-order valence-electron chi connectivity index (χ4n) is 3.81. The van der Waals surface area contributed by atoms with Gasteiger partial charge < -0.3 is 5.73 Å². The third-order valence-corrected chi connectivity index (χ3v) is 5.62. The van der Waals surface area contributed by atoms with Crippen molar-refractivity contribution < 1.29 is 9.59 Å². The zero-order chi connectivity index (χ0) is 23.8. The minimum absolute atomic E-state index is 0.210. The van der Waals surface area contributed by atoms with Gasteiger partial charge in [-0.3, -0.25) is 24.6 Å². The van der Waals surface area contributed by atoms with Crippen molar-refractivity contribution in [3.05, 3.63) is 83.3 Å². The average Bonchev–Trinajstić information content (AvgIpc) is 3.41. The Bertz CT molecular complexity index is 1460. The molecule has 5 rings (SSSR count). The predicted molar refractivity (Wildman–Crippen MR) is 125 cm³/mol. The fraction of sp³-hybridized carbons (Fsp3) is 0.130. The molecule has 0 bridgehead atoms. The number of hydrogen-bond donors (Lipinski definition) is 1. The molecule has 170 valence electrons. The van der Waals surface area contributed by atoms with Gasteiger partial charge in [0.15, 0.2) is 0 Å². The fourth-order valence-corrected chi connectivity index (χ4v) is 3.81. The molecule has 1 aromatic carbocycles. The highest BCUT2D eigenvalue weighted by molar-refractivity contribution is 6.07. The quantitative estimate of drug-likeness (QED) is 0.485. The molecule has 1 aliphatic heterocycles. The molecule has 0 atom stereocenters. The van der Waals surface area contributed by atoms with Crippen molar-refractivity contribution in [3.63, 3.8) is 0 Å². The Kier molecular flexibility index (Phi) is 5.13. The Balaban J connectivity index is 1.39. The van der Waals surface area contributed by atoms with Gasteiger partial charge in [-0.2, -0.15) is 5.10 Å². The summed E-state index contributed by atoms with van der Waals surface area (Å²) in [4.78, 5) is 48.8. The third kappa shape index (κ3) is 3.68. The lowest BCUT2D eigenvalue weighted by molar-refractivity contribution is 0.1000. The number of primary amides is 1. The van der Waals surface area contributed by atoms with E-state index < -0.39 is 5.91 Å². The minimum atomic E-state index is -0.545. The molecule has 0 aliphatic carbocycles. The van der Waals surface area contributed by atoms with E-state index in [1.165, 1.54) is 15.6 Å². The van der Waals surface area contributed by atoms with Crippen LogP contribution >= 0.6 is 0 Å². The standard InChI is InChI=1S/C23H20N8O3/c1-28-22(33)31(14-27-28)18-5-6-19(26-13-18)20-12-17(7-8-25-20)30-10-9-29(23(30)34)16-4-2-3-15(11-16)21(24)32/h2-8,11-14H,9-10H2,1H3,(H2,24,32). The molecule has 3 amide bonds. The summed E-state index contributed by atoms with van der Waals surface area (Å²) in [6.45, 7) is 0.935. The van der Waals surface area contributed by atoms with E-state index in [1.54, 1.807) is 77.8 Å². The number of anilines is 2. The molecule has 11 nitrogen and oxygen atoms in total. The van der Waals surface area contributed by atoms with Crippen LogP contribution in [-0.2, 0) is 7.05 Å². The molecule has 1 aliphatic rings. The molecular weight excluding hydrogens is 436 g/mol. The lowest BCUT2D eigenvalue weighted by atomic mass is 10.2. The maximum atomic E-state index is 13.1. The molecular formula is C23H20N8O3. The first-order valence-electron chi connectivity index (χ1n) is 10.4. The molecule has 1 fully saturated rings. The Morgan fingerprint density at radius 3 is 2.32 bits per heavy atom. The van der Waals surface area contributed by atoms with Crippen LogP contribution in [0, 0.1) is 0 Å². The number of urea groups is 1. The van der Waals surface area contributed by atoms with Crippen LogP contribution in [-0.4, -0.2) is 49.3 Å². The minimum Gasteiger partial charge on any atom is -0.366 e. The molecule has 3 aromatic heterocycles. The van der Waals surface area contributed by atoms with Crippen molar-refractivity contribution in [3.8, 4) is 17.1 Å². The summed E-state index contributed by atoms with van der Waals surface area (Å²) in [6.07, 6.45) is 4.62. The first kappa shape index (κ1) is 21.1. The Labute approximate surface area is 193 Å². The summed E-state index contributed by atoms with van der Waals surface area (Å²) in [5, 5.41) is 3.94. The van der Waals surface area contributed by atoms with Gasteiger partial charge in [0.1, 0.15) is 6.33 Å². The Morgan fingerprint density at radius 1 is 0.912 bits per heavy atom. The summed E-state index contributed by atoms with van der Waals surface area (Å²) in [6, 6.07) is 13.5. The van der Waals surface area contributed by atoms with E-state index in [9.17, 15) is 14.4 Å². The van der Waals surface area contributed by atoms with Gasteiger partial charge in [0.2, 0.25) is 5.91 Å². The summed E-state index contributed by atoms with van der Waals surface area (Å²) >= 11 is 0. The molecule has 0 spiro atoms. The van der Waals surface area contributed by atoms with E-state index in [0.29, 0.717) is 47.1 Å². The average molecular weight is 456 g/mol. The molecule has 2 N–H and O–H groups in total. The van der Waals surface area contributed by atoms with Crippen LogP contribution in [0.2, 0.25) is 0 Å². The van der Waals surface area contributed by atoms with Crippen molar-refractivity contribution in [2.24, 2.45) is 12.8 Å². The number of nitrogens with two attached hydrogens (primary N) is 1. The molecule has 34 heavy (non-hydrogen) atoms. The molecule has 1 saturated heterocycles. The van der Waals surface area contributed by atoms with E-state index in [1.807, 2.05) is 0 Å². The van der Waals surface area contributed by atoms with Gasteiger partial charge in [-0.15, -0.1) is 0 Å². The van der Waals surface area contributed by atoms with Crippen molar-refractivity contribution in [1.29, 1.82) is 0 Å². The summed E-state index contributed by atoms with van der Waals surface area (Å²) in [5.41, 5.74) is 8.51. The second-order valence-corrected chi connectivity index (χ2v) is 7.71. The zero-order valence-electron chi connectivity index (χ0n) is 18.2. The van der Waals surface area contributed by atoms with Gasteiger partial charge in [-0.05, 0) is 42.5 Å². The summed E-state index contributed by atoms with van der Waals surface area (Å²) in [7, 11) is 1.57. The van der Waals surface area contributed by atoms with Crippen LogP contribution in [0.4, 0.5) is 16.2 Å². The van der Waals surface area contributed by atoms with Crippen molar-refractivity contribution in [2.45, 2.75) is 0 Å². The van der Waals surface area contributed by atoms with Crippen LogP contribution in [0.3, 0.4) is 0 Å². The van der Waals surface area contributed by atoms with Gasteiger partial charge >= 0.3 is 11.7 Å².